The molecule has 142 valence electrons. The highest BCUT2D eigenvalue weighted by Crippen LogP contribution is 2.33. The fourth-order valence-electron chi connectivity index (χ4n) is 2.53. The van der Waals surface area contributed by atoms with Gasteiger partial charge in [-0.25, -0.2) is 9.18 Å². The van der Waals surface area contributed by atoms with Gasteiger partial charge in [0, 0.05) is 0 Å². The predicted molar refractivity (Wildman–Crippen MR) is 98.4 cm³/mol. The summed E-state index contributed by atoms with van der Waals surface area (Å²) < 4.78 is 29.6. The Hall–Kier alpha value is -3.04. The first-order chi connectivity index (χ1) is 13.5. The molecule has 0 saturated carbocycles. The summed E-state index contributed by atoms with van der Waals surface area (Å²) in [6.07, 6.45) is 0. The molecule has 1 aromatic carbocycles. The van der Waals surface area contributed by atoms with E-state index in [4.69, 9.17) is 25.4 Å². The molecule has 3 aromatic heterocycles. The molecule has 0 amide bonds. The molecule has 0 saturated heterocycles. The molecule has 0 aliphatic carbocycles. The maximum absolute atomic E-state index is 14.2. The van der Waals surface area contributed by atoms with Crippen LogP contribution in [0.4, 0.5) is 4.39 Å². The highest BCUT2D eigenvalue weighted by molar-refractivity contribution is 7.13. The molecule has 0 N–H and O–H groups in total. The van der Waals surface area contributed by atoms with Crippen LogP contribution in [0.15, 0.2) is 44.8 Å². The van der Waals surface area contributed by atoms with E-state index in [1.807, 2.05) is 17.5 Å². The topological polar surface area (TPSA) is 91.2 Å². The van der Waals surface area contributed by atoms with E-state index < -0.39 is 11.8 Å². The summed E-state index contributed by atoms with van der Waals surface area (Å²) in [7, 11) is 0. The number of carbonyl (C=O) groups excluding carboxylic acids is 1. The van der Waals surface area contributed by atoms with Crippen LogP contribution in [0.5, 0.6) is 0 Å². The fourth-order valence-corrected chi connectivity index (χ4v) is 3.43. The Morgan fingerprint density at radius 3 is 2.86 bits per heavy atom. The summed E-state index contributed by atoms with van der Waals surface area (Å²) in [5.74, 6) is -0.710. The van der Waals surface area contributed by atoms with E-state index in [9.17, 15) is 9.18 Å². The lowest BCUT2D eigenvalue weighted by Crippen LogP contribution is -2.08. The van der Waals surface area contributed by atoms with Crippen molar-refractivity contribution in [3.63, 3.8) is 0 Å². The van der Waals surface area contributed by atoms with Crippen molar-refractivity contribution in [2.24, 2.45) is 0 Å². The van der Waals surface area contributed by atoms with E-state index in [1.165, 1.54) is 36.5 Å². The average molecular weight is 420 g/mol. The molecule has 4 aromatic rings. The molecule has 0 fully saturated rings. The van der Waals surface area contributed by atoms with Gasteiger partial charge in [0.2, 0.25) is 5.82 Å². The first kappa shape index (κ1) is 18.3. The van der Waals surface area contributed by atoms with E-state index >= 15 is 0 Å². The largest absolute Gasteiger partial charge is 0.452 e. The van der Waals surface area contributed by atoms with Gasteiger partial charge >= 0.3 is 5.97 Å². The Labute approximate surface area is 166 Å². The maximum Gasteiger partial charge on any atom is 0.344 e. The lowest BCUT2D eigenvalue weighted by molar-refractivity contribution is 0.0428. The van der Waals surface area contributed by atoms with Gasteiger partial charge in [-0.2, -0.15) is 4.98 Å². The third-order valence-electron chi connectivity index (χ3n) is 3.80. The Bertz CT molecular complexity index is 1120. The number of hydrogen-bond donors (Lipinski definition) is 0. The van der Waals surface area contributed by atoms with Crippen LogP contribution in [-0.4, -0.2) is 21.3 Å². The molecule has 0 radical (unpaired) electrons. The van der Waals surface area contributed by atoms with E-state index in [2.05, 4.69) is 15.3 Å². The number of rotatable bonds is 5. The molecule has 3 heterocycles. The van der Waals surface area contributed by atoms with Crippen LogP contribution in [0, 0.1) is 12.7 Å². The van der Waals surface area contributed by atoms with E-state index in [0.29, 0.717) is 5.82 Å². The van der Waals surface area contributed by atoms with E-state index in [-0.39, 0.29) is 40.1 Å². The van der Waals surface area contributed by atoms with Crippen molar-refractivity contribution in [2.45, 2.75) is 13.5 Å². The molecule has 28 heavy (non-hydrogen) atoms. The van der Waals surface area contributed by atoms with Gasteiger partial charge in [0.25, 0.3) is 5.89 Å². The molecule has 0 bridgehead atoms. The number of carbonyl (C=O) groups is 1. The zero-order valence-electron chi connectivity index (χ0n) is 14.3. The highest BCUT2D eigenvalue weighted by atomic mass is 35.5. The predicted octanol–water partition coefficient (Wildman–Crippen LogP) is 4.91. The third-order valence-corrected chi connectivity index (χ3v) is 4.98. The van der Waals surface area contributed by atoms with Crippen molar-refractivity contribution >= 4 is 28.9 Å². The van der Waals surface area contributed by atoms with E-state index in [1.54, 1.807) is 0 Å². The van der Waals surface area contributed by atoms with Crippen LogP contribution < -0.4 is 0 Å². The maximum atomic E-state index is 14.2. The van der Waals surface area contributed by atoms with Gasteiger partial charge in [-0.1, -0.05) is 34.0 Å². The van der Waals surface area contributed by atoms with Crippen LogP contribution >= 0.6 is 22.9 Å². The number of aryl methyl sites for hydroxylation is 1. The average Bonchev–Trinajstić information content (AvgIpc) is 3.40. The third kappa shape index (κ3) is 3.41. The first-order valence-corrected chi connectivity index (χ1v) is 9.24. The molecular formula is C18H11ClFN3O4S. The minimum absolute atomic E-state index is 0.0232. The van der Waals surface area contributed by atoms with Crippen LogP contribution in [0.3, 0.4) is 0 Å². The summed E-state index contributed by atoms with van der Waals surface area (Å²) in [6, 6.07) is 7.86. The normalized spacial score (nSPS) is 11.0. The summed E-state index contributed by atoms with van der Waals surface area (Å²) in [5.41, 5.74) is -0.0915. The van der Waals surface area contributed by atoms with Crippen molar-refractivity contribution < 1.29 is 23.0 Å². The van der Waals surface area contributed by atoms with E-state index in [0.717, 1.165) is 4.88 Å². The molecular weight excluding hydrogens is 409 g/mol. The van der Waals surface area contributed by atoms with Crippen LogP contribution in [0.1, 0.15) is 22.0 Å². The second-order valence-electron chi connectivity index (χ2n) is 5.62. The highest BCUT2D eigenvalue weighted by Gasteiger charge is 2.27. The molecule has 0 atom stereocenters. The van der Waals surface area contributed by atoms with Gasteiger partial charge in [-0.05, 0) is 30.5 Å². The minimum atomic E-state index is -0.774. The SMILES string of the molecule is Cc1onc(-c2c(F)cccc2Cl)c1C(=O)OCc1nc(-c2cccs2)no1. The van der Waals surface area contributed by atoms with Crippen molar-refractivity contribution in [2.75, 3.05) is 0 Å². The van der Waals surface area contributed by atoms with Gasteiger partial charge in [0.15, 0.2) is 6.61 Å². The van der Waals surface area contributed by atoms with Gasteiger partial charge in [0.1, 0.15) is 22.8 Å². The molecule has 0 unspecified atom stereocenters. The Morgan fingerprint density at radius 1 is 1.25 bits per heavy atom. The number of halogens is 2. The Kier molecular flexibility index (Phi) is 4.93. The van der Waals surface area contributed by atoms with Crippen molar-refractivity contribution in [1.29, 1.82) is 0 Å². The number of thiophene rings is 1. The molecule has 7 nitrogen and oxygen atoms in total. The summed E-state index contributed by atoms with van der Waals surface area (Å²) in [6.45, 7) is 1.26. The Balaban J connectivity index is 1.56. The molecule has 0 aliphatic heterocycles. The Morgan fingerprint density at radius 2 is 2.11 bits per heavy atom. The summed E-state index contributed by atoms with van der Waals surface area (Å²) in [4.78, 5) is 17.6. The second kappa shape index (κ2) is 7.53. The quantitative estimate of drug-likeness (QED) is 0.424. The molecule has 0 aliphatic rings. The number of nitrogens with zero attached hydrogens (tertiary/aromatic N) is 3. The zero-order valence-corrected chi connectivity index (χ0v) is 15.9. The van der Waals surface area contributed by atoms with Gasteiger partial charge < -0.3 is 13.8 Å². The summed E-state index contributed by atoms with van der Waals surface area (Å²) >= 11 is 7.52. The van der Waals surface area contributed by atoms with Crippen LogP contribution in [0.2, 0.25) is 5.02 Å². The first-order valence-electron chi connectivity index (χ1n) is 7.99. The number of benzene rings is 1. The monoisotopic (exact) mass is 419 g/mol. The van der Waals surface area contributed by atoms with Crippen molar-refractivity contribution in [1.82, 2.24) is 15.3 Å². The number of ether oxygens (including phenoxy) is 1. The number of aromatic nitrogens is 3. The van der Waals surface area contributed by atoms with Crippen molar-refractivity contribution in [3.8, 4) is 22.0 Å². The smallest absolute Gasteiger partial charge is 0.344 e. The van der Waals surface area contributed by atoms with Gasteiger partial charge in [-0.15, -0.1) is 11.3 Å². The van der Waals surface area contributed by atoms with Crippen LogP contribution in [0.25, 0.3) is 22.0 Å². The van der Waals surface area contributed by atoms with Gasteiger partial charge in [0.05, 0.1) is 15.5 Å². The van der Waals surface area contributed by atoms with Crippen molar-refractivity contribution in [3.05, 3.63) is 63.8 Å². The molecule has 0 spiro atoms. The number of hydrogen-bond acceptors (Lipinski definition) is 8. The fraction of sp³-hybridized carbons (Fsp3) is 0.111. The molecule has 4 rings (SSSR count). The lowest BCUT2D eigenvalue weighted by Gasteiger charge is -2.05. The number of esters is 1. The summed E-state index contributed by atoms with van der Waals surface area (Å²) in [5, 5.41) is 9.59. The second-order valence-corrected chi connectivity index (χ2v) is 6.98. The van der Waals surface area contributed by atoms with Gasteiger partial charge in [-0.3, -0.25) is 0 Å². The lowest BCUT2D eigenvalue weighted by atomic mass is 10.1. The minimum Gasteiger partial charge on any atom is -0.452 e. The standard InChI is InChI=1S/C18H11ClFN3O4S/c1-9-14(16(22-26-9)15-10(19)4-2-5-11(15)20)18(24)25-8-13-21-17(23-27-13)12-6-3-7-28-12/h2-7H,8H2,1H3. The molecule has 10 heteroatoms. The zero-order chi connectivity index (χ0) is 19.7. The van der Waals surface area contributed by atoms with Crippen LogP contribution in [-0.2, 0) is 11.3 Å².